The first-order chi connectivity index (χ1) is 16.7. The normalized spacial score (nSPS) is 15.0. The molecule has 0 heterocycles. The van der Waals surface area contributed by atoms with Gasteiger partial charge in [-0.1, -0.05) is 39.5 Å². The van der Waals surface area contributed by atoms with Gasteiger partial charge < -0.3 is 19.9 Å². The van der Waals surface area contributed by atoms with Gasteiger partial charge in [0.2, 0.25) is 0 Å². The molecule has 0 bridgehead atoms. The molecule has 2 rings (SSSR count). The monoisotopic (exact) mass is 554 g/mol. The van der Waals surface area contributed by atoms with Gasteiger partial charge in [0.05, 0.1) is 11.3 Å². The van der Waals surface area contributed by atoms with Gasteiger partial charge in [-0.05, 0) is 59.4 Å². The molecule has 0 aliphatic heterocycles. The predicted molar refractivity (Wildman–Crippen MR) is 138 cm³/mol. The zero-order valence-corrected chi connectivity index (χ0v) is 22.7. The Balaban J connectivity index is 2.08. The van der Waals surface area contributed by atoms with Crippen LogP contribution in [0.3, 0.4) is 0 Å². The molecule has 1 aromatic rings. The molecule has 8 nitrogen and oxygen atoms in total. The SMILES string of the molecule is CCCCC(=O)OC(COC(C)=O)COC(=O)c1cc(Br)c(N)c(CN(CC)C2CCCCC2)c1. The van der Waals surface area contributed by atoms with Gasteiger partial charge in [0.15, 0.2) is 6.10 Å². The lowest BCUT2D eigenvalue weighted by Gasteiger charge is -2.34. The standard InChI is InChI=1S/C26H39BrN2O6/c1-4-6-12-24(31)35-22(16-33-18(3)30)17-34-26(32)19-13-20(25(28)23(27)14-19)15-29(5-2)21-10-8-7-9-11-21/h13-14,21-22H,4-12,15-17,28H2,1-3H3. The van der Waals surface area contributed by atoms with E-state index in [1.807, 2.05) is 6.92 Å². The van der Waals surface area contributed by atoms with E-state index in [1.165, 1.54) is 39.0 Å². The van der Waals surface area contributed by atoms with Crippen molar-refractivity contribution in [2.45, 2.75) is 90.8 Å². The first-order valence-corrected chi connectivity index (χ1v) is 13.4. The molecule has 1 aliphatic carbocycles. The number of nitrogen functional groups attached to an aromatic ring is 1. The molecule has 1 atom stereocenters. The number of hydrogen-bond acceptors (Lipinski definition) is 8. The summed E-state index contributed by atoms with van der Waals surface area (Å²) >= 11 is 3.47. The minimum Gasteiger partial charge on any atom is -0.462 e. The molecule has 0 amide bonds. The van der Waals surface area contributed by atoms with Gasteiger partial charge in [0.25, 0.3) is 0 Å². The van der Waals surface area contributed by atoms with Gasteiger partial charge >= 0.3 is 17.9 Å². The Hall–Kier alpha value is -2.13. The summed E-state index contributed by atoms with van der Waals surface area (Å²) in [7, 11) is 0. The fraction of sp³-hybridized carbons (Fsp3) is 0.654. The summed E-state index contributed by atoms with van der Waals surface area (Å²) in [5.74, 6) is -1.48. The molecule has 1 aliphatic rings. The zero-order chi connectivity index (χ0) is 25.8. The summed E-state index contributed by atoms with van der Waals surface area (Å²) in [5.41, 5.74) is 8.16. The number of carbonyl (C=O) groups excluding carboxylic acids is 3. The average Bonchev–Trinajstić information content (AvgIpc) is 2.85. The number of nitrogens with zero attached hydrogens (tertiary/aromatic N) is 1. The van der Waals surface area contributed by atoms with Crippen LogP contribution < -0.4 is 5.73 Å². The fourth-order valence-corrected chi connectivity index (χ4v) is 4.73. The summed E-state index contributed by atoms with van der Waals surface area (Å²) in [6.07, 6.45) is 7.05. The lowest BCUT2D eigenvalue weighted by Crippen LogP contribution is -2.36. The van der Waals surface area contributed by atoms with Gasteiger partial charge in [-0.15, -0.1) is 0 Å². The highest BCUT2D eigenvalue weighted by Crippen LogP contribution is 2.30. The Morgan fingerprint density at radius 1 is 1.11 bits per heavy atom. The highest BCUT2D eigenvalue weighted by molar-refractivity contribution is 9.10. The summed E-state index contributed by atoms with van der Waals surface area (Å²) in [6.45, 7) is 6.54. The zero-order valence-electron chi connectivity index (χ0n) is 21.1. The van der Waals surface area contributed by atoms with Gasteiger partial charge in [-0.25, -0.2) is 4.79 Å². The van der Waals surface area contributed by atoms with E-state index in [0.717, 1.165) is 18.5 Å². The molecule has 1 unspecified atom stereocenters. The minimum absolute atomic E-state index is 0.177. The van der Waals surface area contributed by atoms with Crippen molar-refractivity contribution in [3.63, 3.8) is 0 Å². The Kier molecular flexibility index (Phi) is 12.5. The van der Waals surface area contributed by atoms with E-state index >= 15 is 0 Å². The van der Waals surface area contributed by atoms with Crippen LogP contribution in [0.4, 0.5) is 5.69 Å². The molecule has 2 N–H and O–H groups in total. The summed E-state index contributed by atoms with van der Waals surface area (Å²) < 4.78 is 16.4. The number of ether oxygens (including phenoxy) is 3. The topological polar surface area (TPSA) is 108 Å². The molecule has 9 heteroatoms. The van der Waals surface area contributed by atoms with Crippen molar-refractivity contribution in [3.8, 4) is 0 Å². The first-order valence-electron chi connectivity index (χ1n) is 12.6. The van der Waals surface area contributed by atoms with E-state index in [2.05, 4.69) is 27.8 Å². The average molecular weight is 556 g/mol. The van der Waals surface area contributed by atoms with Crippen molar-refractivity contribution in [2.24, 2.45) is 0 Å². The van der Waals surface area contributed by atoms with Crippen molar-refractivity contribution in [1.82, 2.24) is 4.90 Å². The number of nitrogens with two attached hydrogens (primary N) is 1. The fourth-order valence-electron chi connectivity index (χ4n) is 4.23. The molecule has 1 saturated carbocycles. The van der Waals surface area contributed by atoms with Crippen LogP contribution >= 0.6 is 15.9 Å². The molecule has 0 saturated heterocycles. The van der Waals surface area contributed by atoms with Crippen LogP contribution in [0.5, 0.6) is 0 Å². The van der Waals surface area contributed by atoms with Crippen molar-refractivity contribution < 1.29 is 28.6 Å². The summed E-state index contributed by atoms with van der Waals surface area (Å²) in [6, 6.07) is 3.92. The van der Waals surface area contributed by atoms with E-state index in [4.69, 9.17) is 19.9 Å². The van der Waals surface area contributed by atoms with Crippen LogP contribution in [0.2, 0.25) is 0 Å². The van der Waals surface area contributed by atoms with Gasteiger partial charge in [0, 0.05) is 30.4 Å². The van der Waals surface area contributed by atoms with E-state index < -0.39 is 24.0 Å². The largest absolute Gasteiger partial charge is 0.462 e. The highest BCUT2D eigenvalue weighted by Gasteiger charge is 2.23. The van der Waals surface area contributed by atoms with Crippen molar-refractivity contribution >= 4 is 39.5 Å². The number of rotatable bonds is 13. The number of esters is 3. The Morgan fingerprint density at radius 3 is 2.43 bits per heavy atom. The second kappa shape index (κ2) is 15.1. The lowest BCUT2D eigenvalue weighted by atomic mass is 9.93. The van der Waals surface area contributed by atoms with Crippen LogP contribution in [0.25, 0.3) is 0 Å². The summed E-state index contributed by atoms with van der Waals surface area (Å²) in [4.78, 5) is 38.5. The number of carbonyl (C=O) groups is 3. The van der Waals surface area contributed by atoms with Crippen molar-refractivity contribution in [2.75, 3.05) is 25.5 Å². The Labute approximate surface area is 217 Å². The number of anilines is 1. The van der Waals surface area contributed by atoms with Gasteiger partial charge in [-0.3, -0.25) is 14.5 Å². The Morgan fingerprint density at radius 2 is 1.80 bits per heavy atom. The quantitative estimate of drug-likeness (QED) is 0.206. The third kappa shape index (κ3) is 9.80. The molecule has 1 aromatic carbocycles. The van der Waals surface area contributed by atoms with Crippen LogP contribution in [-0.2, 0) is 30.3 Å². The molecular weight excluding hydrogens is 516 g/mol. The maximum absolute atomic E-state index is 12.9. The van der Waals surface area contributed by atoms with Crippen LogP contribution in [0.15, 0.2) is 16.6 Å². The van der Waals surface area contributed by atoms with Crippen LogP contribution in [0.1, 0.15) is 88.1 Å². The smallest absolute Gasteiger partial charge is 0.338 e. The molecule has 0 radical (unpaired) electrons. The molecule has 0 spiro atoms. The number of halogens is 1. The molecule has 0 aromatic heterocycles. The predicted octanol–water partition coefficient (Wildman–Crippen LogP) is 5.01. The second-order valence-corrected chi connectivity index (χ2v) is 9.86. The first kappa shape index (κ1) is 29.1. The molecule has 1 fully saturated rings. The van der Waals surface area contributed by atoms with Crippen LogP contribution in [-0.4, -0.2) is 54.7 Å². The summed E-state index contributed by atoms with van der Waals surface area (Å²) in [5, 5.41) is 0. The van der Waals surface area contributed by atoms with Crippen molar-refractivity contribution in [1.29, 1.82) is 0 Å². The van der Waals surface area contributed by atoms with E-state index in [-0.39, 0.29) is 19.6 Å². The molecule has 196 valence electrons. The maximum Gasteiger partial charge on any atom is 0.338 e. The minimum atomic E-state index is -0.870. The number of hydrogen-bond donors (Lipinski definition) is 1. The Bertz CT molecular complexity index is 856. The van der Waals surface area contributed by atoms with E-state index in [1.54, 1.807) is 12.1 Å². The third-order valence-corrected chi connectivity index (χ3v) is 6.88. The number of unbranched alkanes of at least 4 members (excludes halogenated alkanes) is 1. The van der Waals surface area contributed by atoms with Gasteiger partial charge in [-0.2, -0.15) is 0 Å². The van der Waals surface area contributed by atoms with E-state index in [0.29, 0.717) is 34.7 Å². The second-order valence-electron chi connectivity index (χ2n) is 9.00. The third-order valence-electron chi connectivity index (χ3n) is 6.23. The van der Waals surface area contributed by atoms with Gasteiger partial charge in [0.1, 0.15) is 13.2 Å². The van der Waals surface area contributed by atoms with E-state index in [9.17, 15) is 14.4 Å². The lowest BCUT2D eigenvalue weighted by molar-refractivity contribution is -0.160. The maximum atomic E-state index is 12.9. The molecular formula is C26H39BrN2O6. The van der Waals surface area contributed by atoms with Crippen molar-refractivity contribution in [3.05, 3.63) is 27.7 Å². The highest BCUT2D eigenvalue weighted by atomic mass is 79.9. The van der Waals surface area contributed by atoms with Crippen LogP contribution in [0, 0.1) is 0 Å². The number of benzene rings is 1. The molecule has 35 heavy (non-hydrogen) atoms.